The molecular weight excluding hydrogens is 244 g/mol. The molecule has 1 rings (SSSR count). The van der Waals surface area contributed by atoms with Crippen LogP contribution in [0.5, 0.6) is 5.75 Å². The predicted molar refractivity (Wildman–Crippen MR) is 61.7 cm³/mol. The van der Waals surface area contributed by atoms with Crippen LogP contribution in [-0.4, -0.2) is 24.2 Å². The number of para-hydroxylation sites is 1. The van der Waals surface area contributed by atoms with Gasteiger partial charge in [-0.1, -0.05) is 18.2 Å². The molecule has 18 heavy (non-hydrogen) atoms. The quantitative estimate of drug-likeness (QED) is 0.703. The van der Waals surface area contributed by atoms with Gasteiger partial charge in [-0.05, 0) is 19.0 Å². The Bertz CT molecular complexity index is 385. The van der Waals surface area contributed by atoms with Gasteiger partial charge in [-0.15, -0.1) is 0 Å². The fourth-order valence-electron chi connectivity index (χ4n) is 1.45. The molecule has 0 saturated carbocycles. The van der Waals surface area contributed by atoms with E-state index in [1.54, 1.807) is 18.2 Å². The predicted octanol–water partition coefficient (Wildman–Crippen LogP) is 2.24. The summed E-state index contributed by atoms with van der Waals surface area (Å²) in [6.45, 7) is -1.98. The summed E-state index contributed by atoms with van der Waals surface area (Å²) < 4.78 is 28.6. The summed E-state index contributed by atoms with van der Waals surface area (Å²) in [4.78, 5) is 10.3. The molecule has 1 aromatic rings. The van der Waals surface area contributed by atoms with E-state index in [9.17, 15) is 13.6 Å². The molecule has 0 radical (unpaired) electrons. The molecule has 0 spiro atoms. The van der Waals surface area contributed by atoms with Crippen LogP contribution in [-0.2, 0) is 11.3 Å². The number of rotatable bonds is 8. The van der Waals surface area contributed by atoms with Crippen molar-refractivity contribution in [3.63, 3.8) is 0 Å². The van der Waals surface area contributed by atoms with Gasteiger partial charge in [0.2, 0.25) is 0 Å². The first kappa shape index (κ1) is 14.4. The van der Waals surface area contributed by atoms with Gasteiger partial charge >= 0.3 is 12.6 Å². The summed E-state index contributed by atoms with van der Waals surface area (Å²) in [6, 6.07) is 6.50. The van der Waals surface area contributed by atoms with Gasteiger partial charge < -0.3 is 15.2 Å². The Hall–Kier alpha value is -1.69. The normalized spacial score (nSPS) is 10.6. The molecule has 0 amide bonds. The number of hydrogen-bond donors (Lipinski definition) is 2. The van der Waals surface area contributed by atoms with E-state index in [0.717, 1.165) is 0 Å². The van der Waals surface area contributed by atoms with Gasteiger partial charge in [-0.2, -0.15) is 8.78 Å². The largest absolute Gasteiger partial charge is 0.481 e. The maximum absolute atomic E-state index is 12.1. The van der Waals surface area contributed by atoms with E-state index in [0.29, 0.717) is 25.1 Å². The van der Waals surface area contributed by atoms with Crippen LogP contribution < -0.4 is 10.1 Å². The first-order valence-corrected chi connectivity index (χ1v) is 5.55. The Morgan fingerprint density at radius 3 is 2.78 bits per heavy atom. The molecule has 0 aliphatic carbocycles. The van der Waals surface area contributed by atoms with E-state index in [1.807, 2.05) is 0 Å². The summed E-state index contributed by atoms with van der Waals surface area (Å²) in [7, 11) is 0. The fourth-order valence-corrected chi connectivity index (χ4v) is 1.45. The molecule has 0 aliphatic rings. The molecule has 0 bridgehead atoms. The molecule has 0 fully saturated rings. The van der Waals surface area contributed by atoms with E-state index in [1.165, 1.54) is 6.07 Å². The lowest BCUT2D eigenvalue weighted by atomic mass is 10.2. The minimum atomic E-state index is -2.85. The van der Waals surface area contributed by atoms with Gasteiger partial charge in [0.15, 0.2) is 0 Å². The zero-order valence-electron chi connectivity index (χ0n) is 9.73. The number of nitrogens with one attached hydrogen (secondary N) is 1. The minimum absolute atomic E-state index is 0.0855. The molecule has 4 nitrogen and oxygen atoms in total. The Labute approximate surface area is 104 Å². The van der Waals surface area contributed by atoms with Crippen molar-refractivity contribution >= 4 is 5.97 Å². The lowest BCUT2D eigenvalue weighted by molar-refractivity contribution is -0.137. The van der Waals surface area contributed by atoms with Crippen molar-refractivity contribution in [2.75, 3.05) is 6.54 Å². The van der Waals surface area contributed by atoms with Crippen LogP contribution in [0.3, 0.4) is 0 Å². The van der Waals surface area contributed by atoms with Crippen molar-refractivity contribution < 1.29 is 23.4 Å². The Kier molecular flexibility index (Phi) is 6.07. The molecule has 0 saturated heterocycles. The Morgan fingerprint density at radius 2 is 2.11 bits per heavy atom. The molecular formula is C12H15F2NO3. The van der Waals surface area contributed by atoms with Crippen LogP contribution in [0.15, 0.2) is 24.3 Å². The number of halogens is 2. The number of carboxylic acids is 1. The SMILES string of the molecule is O=C(O)CCCNCc1ccccc1OC(F)F. The van der Waals surface area contributed by atoms with Gasteiger partial charge in [0.05, 0.1) is 0 Å². The van der Waals surface area contributed by atoms with Gasteiger partial charge in [0, 0.05) is 18.5 Å². The van der Waals surface area contributed by atoms with E-state index in [2.05, 4.69) is 10.1 Å². The second-order valence-corrected chi connectivity index (χ2v) is 3.66. The van der Waals surface area contributed by atoms with E-state index < -0.39 is 12.6 Å². The third kappa shape index (κ3) is 5.58. The number of hydrogen-bond acceptors (Lipinski definition) is 3. The number of alkyl halides is 2. The van der Waals surface area contributed by atoms with Crippen LogP contribution in [0.2, 0.25) is 0 Å². The first-order chi connectivity index (χ1) is 8.59. The summed E-state index contributed by atoms with van der Waals surface area (Å²) in [5.74, 6) is -0.712. The third-order valence-electron chi connectivity index (χ3n) is 2.25. The van der Waals surface area contributed by atoms with Gasteiger partial charge in [-0.25, -0.2) is 0 Å². The topological polar surface area (TPSA) is 58.6 Å². The standard InChI is InChI=1S/C12H15F2NO3/c13-12(14)18-10-5-2-1-4-9(10)8-15-7-3-6-11(16)17/h1-2,4-5,12,15H,3,6-8H2,(H,16,17). The summed E-state index contributed by atoms with van der Waals surface area (Å²) in [5.41, 5.74) is 0.619. The first-order valence-electron chi connectivity index (χ1n) is 5.55. The van der Waals surface area contributed by atoms with Crippen LogP contribution >= 0.6 is 0 Å². The molecule has 2 N–H and O–H groups in total. The summed E-state index contributed by atoms with van der Waals surface area (Å²) in [5, 5.41) is 11.4. The Morgan fingerprint density at radius 1 is 1.39 bits per heavy atom. The second kappa shape index (κ2) is 7.60. The van der Waals surface area contributed by atoms with E-state index >= 15 is 0 Å². The zero-order valence-corrected chi connectivity index (χ0v) is 9.73. The van der Waals surface area contributed by atoms with E-state index in [4.69, 9.17) is 5.11 Å². The highest BCUT2D eigenvalue weighted by atomic mass is 19.3. The summed E-state index contributed by atoms with van der Waals surface area (Å²) >= 11 is 0. The second-order valence-electron chi connectivity index (χ2n) is 3.66. The maximum Gasteiger partial charge on any atom is 0.387 e. The average molecular weight is 259 g/mol. The number of aliphatic carboxylic acids is 1. The van der Waals surface area contributed by atoms with Crippen LogP contribution in [0.25, 0.3) is 0 Å². The number of carbonyl (C=O) groups is 1. The minimum Gasteiger partial charge on any atom is -0.481 e. The molecule has 1 aromatic carbocycles. The van der Waals surface area contributed by atoms with Crippen molar-refractivity contribution in [3.05, 3.63) is 29.8 Å². The average Bonchev–Trinajstić information content (AvgIpc) is 2.29. The zero-order chi connectivity index (χ0) is 13.4. The van der Waals surface area contributed by atoms with Crippen LogP contribution in [0.1, 0.15) is 18.4 Å². The molecule has 0 aliphatic heterocycles. The van der Waals surface area contributed by atoms with Crippen LogP contribution in [0, 0.1) is 0 Å². The highest BCUT2D eigenvalue weighted by Crippen LogP contribution is 2.19. The lowest BCUT2D eigenvalue weighted by Gasteiger charge is -2.11. The highest BCUT2D eigenvalue weighted by Gasteiger charge is 2.08. The molecule has 0 heterocycles. The van der Waals surface area contributed by atoms with Crippen molar-refractivity contribution in [1.29, 1.82) is 0 Å². The van der Waals surface area contributed by atoms with Crippen molar-refractivity contribution in [3.8, 4) is 5.75 Å². The maximum atomic E-state index is 12.1. The number of carboxylic acid groups (broad SMARTS) is 1. The smallest absolute Gasteiger partial charge is 0.387 e. The Balaban J connectivity index is 2.39. The molecule has 0 unspecified atom stereocenters. The van der Waals surface area contributed by atoms with Crippen molar-refractivity contribution in [2.45, 2.75) is 26.0 Å². The monoisotopic (exact) mass is 259 g/mol. The van der Waals surface area contributed by atoms with E-state index in [-0.39, 0.29) is 12.2 Å². The number of ether oxygens (including phenoxy) is 1. The molecule has 100 valence electrons. The highest BCUT2D eigenvalue weighted by molar-refractivity contribution is 5.66. The summed E-state index contributed by atoms with van der Waals surface area (Å²) in [6.07, 6.45) is 0.579. The molecule has 0 atom stereocenters. The number of benzene rings is 1. The van der Waals surface area contributed by atoms with Gasteiger partial charge in [0.1, 0.15) is 5.75 Å². The van der Waals surface area contributed by atoms with Crippen molar-refractivity contribution in [2.24, 2.45) is 0 Å². The van der Waals surface area contributed by atoms with Gasteiger partial charge in [0.25, 0.3) is 0 Å². The fraction of sp³-hybridized carbons (Fsp3) is 0.417. The lowest BCUT2D eigenvalue weighted by Crippen LogP contribution is -2.17. The molecule has 0 aromatic heterocycles. The van der Waals surface area contributed by atoms with Crippen LogP contribution in [0.4, 0.5) is 8.78 Å². The molecule has 6 heteroatoms. The third-order valence-corrected chi connectivity index (χ3v) is 2.25. The van der Waals surface area contributed by atoms with Crippen molar-refractivity contribution in [1.82, 2.24) is 5.32 Å². The van der Waals surface area contributed by atoms with Gasteiger partial charge in [-0.3, -0.25) is 4.79 Å².